The van der Waals surface area contributed by atoms with Crippen LogP contribution in [-0.4, -0.2) is 23.8 Å². The van der Waals surface area contributed by atoms with Gasteiger partial charge in [0.2, 0.25) is 0 Å². The van der Waals surface area contributed by atoms with E-state index in [0.717, 1.165) is 9.75 Å². The van der Waals surface area contributed by atoms with Crippen molar-refractivity contribution >= 4 is 52.5 Å². The number of para-hydroxylation sites is 2. The number of nitrogens with two attached hydrogens (primary N) is 1. The maximum absolute atomic E-state index is 12.4. The Morgan fingerprint density at radius 2 is 1.97 bits per heavy atom. The zero-order valence-electron chi connectivity index (χ0n) is 16.0. The van der Waals surface area contributed by atoms with Gasteiger partial charge in [0.15, 0.2) is 11.5 Å². The number of nitrogens with one attached hydrogen (secondary N) is 1. The first-order valence-electron chi connectivity index (χ1n) is 9.07. The van der Waals surface area contributed by atoms with E-state index in [2.05, 4.69) is 10.3 Å². The largest absolute Gasteiger partial charge is 0.449 e. The van der Waals surface area contributed by atoms with E-state index in [1.165, 1.54) is 22.3 Å². The van der Waals surface area contributed by atoms with Crippen molar-refractivity contribution in [1.29, 1.82) is 0 Å². The molecule has 8 heteroatoms. The molecule has 150 valence electrons. The van der Waals surface area contributed by atoms with E-state index >= 15 is 0 Å². The summed E-state index contributed by atoms with van der Waals surface area (Å²) in [6.07, 6.45) is 6.44. The van der Waals surface area contributed by atoms with Crippen molar-refractivity contribution in [2.75, 3.05) is 23.0 Å². The quantitative estimate of drug-likeness (QED) is 0.629. The molecule has 0 atom stereocenters. The van der Waals surface area contributed by atoms with Crippen LogP contribution in [0.2, 0.25) is 0 Å². The Morgan fingerprint density at radius 1 is 1.17 bits per heavy atom. The molecule has 3 N–H and O–H groups in total. The van der Waals surface area contributed by atoms with E-state index in [1.807, 2.05) is 24.3 Å². The van der Waals surface area contributed by atoms with Crippen LogP contribution in [0.1, 0.15) is 9.75 Å². The molecule has 2 amide bonds. The maximum Gasteiger partial charge on any atom is 0.291 e. The Labute approximate surface area is 177 Å². The summed E-state index contributed by atoms with van der Waals surface area (Å²) in [4.78, 5) is 31.8. The smallest absolute Gasteiger partial charge is 0.291 e. The second-order valence-electron chi connectivity index (χ2n) is 6.47. The van der Waals surface area contributed by atoms with Crippen molar-refractivity contribution in [3.8, 4) is 5.75 Å². The molecule has 0 unspecified atom stereocenters. The molecule has 1 aromatic carbocycles. The predicted molar refractivity (Wildman–Crippen MR) is 119 cm³/mol. The normalized spacial score (nSPS) is 14.3. The minimum absolute atomic E-state index is 0.193. The fraction of sp³-hybridized carbons (Fsp3) is 0.0455. The number of hydrogen-bond donors (Lipinski definition) is 2. The monoisotopic (exact) mass is 418 g/mol. The number of aromatic nitrogens is 1. The summed E-state index contributed by atoms with van der Waals surface area (Å²) in [7, 11) is 1.67. The number of carbonyl (C=O) groups is 2. The predicted octanol–water partition coefficient (Wildman–Crippen LogP) is 3.77. The zero-order chi connectivity index (χ0) is 21.1. The third kappa shape index (κ3) is 4.23. The van der Waals surface area contributed by atoms with Gasteiger partial charge in [0.25, 0.3) is 11.8 Å². The molecule has 30 heavy (non-hydrogen) atoms. The number of rotatable bonds is 4. The van der Waals surface area contributed by atoms with Gasteiger partial charge in [0, 0.05) is 29.0 Å². The average Bonchev–Trinajstić information content (AvgIpc) is 3.20. The van der Waals surface area contributed by atoms with Gasteiger partial charge in [-0.2, -0.15) is 0 Å². The third-order valence-electron chi connectivity index (χ3n) is 4.38. The molecule has 0 spiro atoms. The summed E-state index contributed by atoms with van der Waals surface area (Å²) in [5, 5.41) is 2.80. The second kappa shape index (κ2) is 8.22. The number of nitrogens with zero attached hydrogens (tertiary/aromatic N) is 2. The molecule has 0 saturated heterocycles. The number of amides is 2. The fourth-order valence-electron chi connectivity index (χ4n) is 2.76. The molecular weight excluding hydrogens is 400 g/mol. The molecule has 1 aliphatic heterocycles. The molecule has 7 nitrogen and oxygen atoms in total. The van der Waals surface area contributed by atoms with Gasteiger partial charge in [-0.05, 0) is 42.5 Å². The Hall–Kier alpha value is -3.91. The summed E-state index contributed by atoms with van der Waals surface area (Å²) in [6, 6.07) is 14.4. The van der Waals surface area contributed by atoms with Crippen molar-refractivity contribution < 1.29 is 14.3 Å². The number of anilines is 3. The van der Waals surface area contributed by atoms with E-state index in [0.29, 0.717) is 22.9 Å². The standard InChI is InChI=1S/C22H18N4O3S/c1-26(14-6-10-20(23)24-13-14)21(27)11-9-15-7-8-16(30-15)12-19-22(28)25-17-4-2-3-5-18(17)29-19/h2-13H,1H3,(H2,23,24)(H,25,28)/b11-9+,19-12-. The van der Waals surface area contributed by atoms with Gasteiger partial charge < -0.3 is 20.7 Å². The van der Waals surface area contributed by atoms with Crippen molar-refractivity contribution in [1.82, 2.24) is 4.98 Å². The summed E-state index contributed by atoms with van der Waals surface area (Å²) in [5.74, 6) is 0.729. The number of pyridine rings is 1. The van der Waals surface area contributed by atoms with E-state index < -0.39 is 0 Å². The molecule has 3 heterocycles. The number of thiophene rings is 1. The highest BCUT2D eigenvalue weighted by molar-refractivity contribution is 7.13. The van der Waals surface area contributed by atoms with Crippen LogP contribution >= 0.6 is 11.3 Å². The molecule has 0 saturated carbocycles. The molecule has 1 aliphatic rings. The molecule has 4 rings (SSSR count). The number of hydrogen-bond acceptors (Lipinski definition) is 6. The van der Waals surface area contributed by atoms with Crippen LogP contribution in [0.5, 0.6) is 5.75 Å². The first-order chi connectivity index (χ1) is 14.5. The topological polar surface area (TPSA) is 97.5 Å². The lowest BCUT2D eigenvalue weighted by atomic mass is 10.2. The number of ether oxygens (including phenoxy) is 1. The highest BCUT2D eigenvalue weighted by Crippen LogP contribution is 2.31. The van der Waals surface area contributed by atoms with Gasteiger partial charge in [0.1, 0.15) is 5.82 Å². The van der Waals surface area contributed by atoms with Gasteiger partial charge in [-0.25, -0.2) is 4.98 Å². The Kier molecular flexibility index (Phi) is 5.32. The Morgan fingerprint density at radius 3 is 2.77 bits per heavy atom. The van der Waals surface area contributed by atoms with Crippen LogP contribution in [0.3, 0.4) is 0 Å². The van der Waals surface area contributed by atoms with Crippen LogP contribution in [0.25, 0.3) is 12.2 Å². The van der Waals surface area contributed by atoms with Gasteiger partial charge in [-0.1, -0.05) is 12.1 Å². The minimum atomic E-state index is -0.298. The number of fused-ring (bicyclic) bond motifs is 1. The van der Waals surface area contributed by atoms with Crippen LogP contribution in [0.15, 0.2) is 66.6 Å². The lowest BCUT2D eigenvalue weighted by molar-refractivity contribution is -0.115. The van der Waals surface area contributed by atoms with Gasteiger partial charge in [-0.15, -0.1) is 11.3 Å². The minimum Gasteiger partial charge on any atom is -0.449 e. The Balaban J connectivity index is 1.45. The van der Waals surface area contributed by atoms with Crippen molar-refractivity contribution in [2.45, 2.75) is 0 Å². The first-order valence-corrected chi connectivity index (χ1v) is 9.88. The lowest BCUT2D eigenvalue weighted by Gasteiger charge is -2.19. The van der Waals surface area contributed by atoms with Gasteiger partial charge in [0.05, 0.1) is 17.6 Å². The summed E-state index contributed by atoms with van der Waals surface area (Å²) in [6.45, 7) is 0. The highest BCUT2D eigenvalue weighted by atomic mass is 32.1. The maximum atomic E-state index is 12.4. The SMILES string of the molecule is CN(C(=O)/C=C/c1ccc(/C=C2\Oc3ccccc3NC2=O)s1)c1ccc(N)nc1. The molecule has 2 aromatic heterocycles. The average molecular weight is 418 g/mol. The van der Waals surface area contributed by atoms with Crippen LogP contribution in [0, 0.1) is 0 Å². The first kappa shape index (κ1) is 19.4. The summed E-state index contributed by atoms with van der Waals surface area (Å²) >= 11 is 1.44. The molecule has 0 aliphatic carbocycles. The molecule has 3 aromatic rings. The van der Waals surface area contributed by atoms with Crippen LogP contribution in [0.4, 0.5) is 17.2 Å². The Bertz CT molecular complexity index is 1170. The van der Waals surface area contributed by atoms with E-state index in [1.54, 1.807) is 49.7 Å². The number of carbonyl (C=O) groups excluding carboxylic acids is 2. The number of benzene rings is 1. The number of likely N-dealkylation sites (N-methyl/N-ethyl adjacent to an activating group) is 1. The van der Waals surface area contributed by atoms with E-state index in [9.17, 15) is 9.59 Å². The zero-order valence-corrected chi connectivity index (χ0v) is 16.8. The van der Waals surface area contributed by atoms with Crippen LogP contribution in [-0.2, 0) is 9.59 Å². The third-order valence-corrected chi connectivity index (χ3v) is 5.38. The van der Waals surface area contributed by atoms with Crippen molar-refractivity contribution in [3.63, 3.8) is 0 Å². The molecular formula is C22H18N4O3S. The molecule has 0 fully saturated rings. The highest BCUT2D eigenvalue weighted by Gasteiger charge is 2.21. The van der Waals surface area contributed by atoms with E-state index in [4.69, 9.17) is 10.5 Å². The second-order valence-corrected chi connectivity index (χ2v) is 7.62. The summed E-state index contributed by atoms with van der Waals surface area (Å²) < 4.78 is 5.71. The van der Waals surface area contributed by atoms with Crippen molar-refractivity contribution in [2.24, 2.45) is 0 Å². The van der Waals surface area contributed by atoms with Crippen molar-refractivity contribution in [3.05, 3.63) is 76.3 Å². The molecule has 0 radical (unpaired) electrons. The van der Waals surface area contributed by atoms with Crippen LogP contribution < -0.4 is 20.7 Å². The van der Waals surface area contributed by atoms with Gasteiger partial charge in [-0.3, -0.25) is 9.59 Å². The van der Waals surface area contributed by atoms with Gasteiger partial charge >= 0.3 is 0 Å². The number of nitrogen functional groups attached to an aromatic ring is 1. The van der Waals surface area contributed by atoms with E-state index in [-0.39, 0.29) is 17.6 Å². The molecule has 0 bridgehead atoms. The summed E-state index contributed by atoms with van der Waals surface area (Å²) in [5.41, 5.74) is 6.87. The fourth-order valence-corrected chi connectivity index (χ4v) is 3.60. The lowest BCUT2D eigenvalue weighted by Crippen LogP contribution is -2.24.